The van der Waals surface area contributed by atoms with Gasteiger partial charge in [0.05, 0.1) is 6.20 Å². The Kier molecular flexibility index (Phi) is 3.70. The van der Waals surface area contributed by atoms with Crippen molar-refractivity contribution in [2.45, 2.75) is 20.0 Å². The molecular weight excluding hydrogens is 246 g/mol. The zero-order chi connectivity index (χ0) is 13.8. The van der Waals surface area contributed by atoms with E-state index in [2.05, 4.69) is 5.10 Å². The van der Waals surface area contributed by atoms with E-state index in [1.165, 1.54) is 12.3 Å². The third-order valence-corrected chi connectivity index (χ3v) is 2.84. The van der Waals surface area contributed by atoms with Gasteiger partial charge in [0.15, 0.2) is 0 Å². The van der Waals surface area contributed by atoms with Crippen molar-refractivity contribution in [3.05, 3.63) is 47.2 Å². The van der Waals surface area contributed by atoms with Crippen LogP contribution in [0.1, 0.15) is 28.4 Å². The molecule has 0 saturated heterocycles. The molecule has 0 radical (unpaired) electrons. The molecule has 100 valence electrons. The molecule has 0 aliphatic heterocycles. The Labute approximate surface area is 110 Å². The summed E-state index contributed by atoms with van der Waals surface area (Å²) in [5.74, 6) is -0.203. The molecule has 1 heterocycles. The third-order valence-electron chi connectivity index (χ3n) is 2.84. The van der Waals surface area contributed by atoms with Crippen LogP contribution in [0, 0.1) is 0 Å². The first-order chi connectivity index (χ1) is 9.11. The standard InChI is InChI=1S/C13H15N3O3/c1-2-9-4-3-5-10(13(14)17)11(9)8-19-12-6-7-16(18)15-12/h3-7,18H,2,8H2,1H3,(H2,14,17). The van der Waals surface area contributed by atoms with Gasteiger partial charge in [-0.15, -0.1) is 4.85 Å². The highest BCUT2D eigenvalue weighted by Gasteiger charge is 2.12. The minimum Gasteiger partial charge on any atom is -0.472 e. The fraction of sp³-hybridized carbons (Fsp3) is 0.231. The van der Waals surface area contributed by atoms with Gasteiger partial charge in [-0.05, 0) is 18.1 Å². The molecule has 0 unspecified atom stereocenters. The van der Waals surface area contributed by atoms with Gasteiger partial charge in [-0.1, -0.05) is 24.2 Å². The van der Waals surface area contributed by atoms with Crippen LogP contribution in [0.3, 0.4) is 0 Å². The SMILES string of the molecule is CCc1cccc(C(N)=O)c1COc1ccn(O)n1. The predicted molar refractivity (Wildman–Crippen MR) is 68.1 cm³/mol. The number of aromatic nitrogens is 2. The normalized spacial score (nSPS) is 10.4. The van der Waals surface area contributed by atoms with Gasteiger partial charge >= 0.3 is 0 Å². The van der Waals surface area contributed by atoms with E-state index in [0.29, 0.717) is 10.4 Å². The van der Waals surface area contributed by atoms with E-state index in [1.54, 1.807) is 12.1 Å². The number of benzene rings is 1. The number of ether oxygens (including phenoxy) is 1. The molecule has 1 aromatic heterocycles. The molecule has 0 bridgehead atoms. The Morgan fingerprint density at radius 3 is 2.84 bits per heavy atom. The molecule has 6 nitrogen and oxygen atoms in total. The molecule has 2 rings (SSSR count). The Morgan fingerprint density at radius 2 is 2.26 bits per heavy atom. The number of primary amides is 1. The highest BCUT2D eigenvalue weighted by atomic mass is 16.5. The fourth-order valence-corrected chi connectivity index (χ4v) is 1.89. The Bertz CT molecular complexity index is 593. The third kappa shape index (κ3) is 2.85. The number of hydrogen-bond acceptors (Lipinski definition) is 4. The second-order valence-electron chi connectivity index (χ2n) is 4.02. The average Bonchev–Trinajstić information content (AvgIpc) is 2.81. The Morgan fingerprint density at radius 1 is 1.47 bits per heavy atom. The van der Waals surface area contributed by atoms with Gasteiger partial charge in [-0.3, -0.25) is 4.79 Å². The summed E-state index contributed by atoms with van der Waals surface area (Å²) in [6.07, 6.45) is 2.13. The van der Waals surface area contributed by atoms with E-state index >= 15 is 0 Å². The Hall–Kier alpha value is -2.50. The second-order valence-corrected chi connectivity index (χ2v) is 4.02. The number of nitrogens with two attached hydrogens (primary N) is 1. The van der Waals surface area contributed by atoms with Crippen LogP contribution in [0.4, 0.5) is 0 Å². The van der Waals surface area contributed by atoms with Crippen molar-refractivity contribution in [3.63, 3.8) is 0 Å². The fourth-order valence-electron chi connectivity index (χ4n) is 1.89. The summed E-state index contributed by atoms with van der Waals surface area (Å²) in [6.45, 7) is 2.17. The monoisotopic (exact) mass is 261 g/mol. The number of hydrogen-bond donors (Lipinski definition) is 2. The number of rotatable bonds is 5. The first-order valence-electron chi connectivity index (χ1n) is 5.90. The molecule has 19 heavy (non-hydrogen) atoms. The molecule has 0 saturated carbocycles. The summed E-state index contributed by atoms with van der Waals surface area (Å²) in [7, 11) is 0. The van der Waals surface area contributed by atoms with Gasteiger partial charge in [0.1, 0.15) is 6.61 Å². The molecule has 2 aromatic rings. The lowest BCUT2D eigenvalue weighted by Crippen LogP contribution is -2.16. The number of nitrogens with zero attached hydrogens (tertiary/aromatic N) is 2. The van der Waals surface area contributed by atoms with Gasteiger partial charge in [-0.2, -0.15) is 0 Å². The smallest absolute Gasteiger partial charge is 0.249 e. The van der Waals surface area contributed by atoms with Gasteiger partial charge < -0.3 is 15.7 Å². The van der Waals surface area contributed by atoms with Crippen molar-refractivity contribution in [3.8, 4) is 5.88 Å². The molecule has 0 fully saturated rings. The lowest BCUT2D eigenvalue weighted by molar-refractivity contribution is 0.0997. The molecule has 3 N–H and O–H groups in total. The quantitative estimate of drug-likeness (QED) is 0.795. The minimum absolute atomic E-state index is 0.180. The molecule has 0 spiro atoms. The van der Waals surface area contributed by atoms with Gasteiger partial charge in [0, 0.05) is 17.2 Å². The van der Waals surface area contributed by atoms with Crippen molar-refractivity contribution in [1.82, 2.24) is 9.94 Å². The number of carbonyl (C=O) groups excluding carboxylic acids is 1. The number of aryl methyl sites for hydroxylation is 1. The molecule has 1 aromatic carbocycles. The highest BCUT2D eigenvalue weighted by molar-refractivity contribution is 5.94. The van der Waals surface area contributed by atoms with Crippen molar-refractivity contribution in [2.24, 2.45) is 5.73 Å². The molecule has 0 aliphatic rings. The van der Waals surface area contributed by atoms with Crippen LogP contribution in [0.2, 0.25) is 0 Å². The van der Waals surface area contributed by atoms with Crippen LogP contribution in [0.5, 0.6) is 5.88 Å². The van der Waals surface area contributed by atoms with Gasteiger partial charge in [0.25, 0.3) is 0 Å². The number of amides is 1. The zero-order valence-electron chi connectivity index (χ0n) is 10.5. The maximum atomic E-state index is 11.4. The van der Waals surface area contributed by atoms with Crippen LogP contribution in [-0.2, 0) is 13.0 Å². The summed E-state index contributed by atoms with van der Waals surface area (Å²) >= 11 is 0. The largest absolute Gasteiger partial charge is 0.472 e. The van der Waals surface area contributed by atoms with E-state index in [9.17, 15) is 4.79 Å². The van der Waals surface area contributed by atoms with Crippen LogP contribution >= 0.6 is 0 Å². The summed E-state index contributed by atoms with van der Waals surface area (Å²) in [4.78, 5) is 12.1. The van der Waals surface area contributed by atoms with Crippen molar-refractivity contribution < 1.29 is 14.7 Å². The Balaban J connectivity index is 2.25. The van der Waals surface area contributed by atoms with Crippen molar-refractivity contribution in [1.29, 1.82) is 0 Å². The van der Waals surface area contributed by atoms with Crippen LogP contribution < -0.4 is 10.5 Å². The minimum atomic E-state index is -0.485. The second kappa shape index (κ2) is 5.43. The van der Waals surface area contributed by atoms with E-state index in [-0.39, 0.29) is 12.5 Å². The van der Waals surface area contributed by atoms with E-state index in [1.807, 2.05) is 13.0 Å². The maximum Gasteiger partial charge on any atom is 0.249 e. The average molecular weight is 261 g/mol. The van der Waals surface area contributed by atoms with Crippen molar-refractivity contribution in [2.75, 3.05) is 0 Å². The first kappa shape index (κ1) is 12.9. The van der Waals surface area contributed by atoms with E-state index in [0.717, 1.165) is 17.5 Å². The molecule has 0 atom stereocenters. The molecule has 0 aliphatic carbocycles. The highest BCUT2D eigenvalue weighted by Crippen LogP contribution is 2.18. The lowest BCUT2D eigenvalue weighted by atomic mass is 9.99. The topological polar surface area (TPSA) is 90.4 Å². The van der Waals surface area contributed by atoms with Crippen LogP contribution in [0.25, 0.3) is 0 Å². The summed E-state index contributed by atoms with van der Waals surface area (Å²) in [6, 6.07) is 6.92. The van der Waals surface area contributed by atoms with Gasteiger partial charge in [0.2, 0.25) is 11.8 Å². The molecular formula is C13H15N3O3. The van der Waals surface area contributed by atoms with Gasteiger partial charge in [-0.25, -0.2) is 0 Å². The maximum absolute atomic E-state index is 11.4. The zero-order valence-corrected chi connectivity index (χ0v) is 10.5. The molecule has 1 amide bonds. The van der Waals surface area contributed by atoms with Crippen LogP contribution in [0.15, 0.2) is 30.5 Å². The predicted octanol–water partition coefficient (Wildman–Crippen LogP) is 1.36. The summed E-state index contributed by atoms with van der Waals surface area (Å²) in [5, 5.41) is 12.7. The van der Waals surface area contributed by atoms with Crippen molar-refractivity contribution >= 4 is 5.91 Å². The first-order valence-corrected chi connectivity index (χ1v) is 5.90. The summed E-state index contributed by atoms with van der Waals surface area (Å²) in [5.41, 5.74) is 7.56. The number of carbonyl (C=O) groups is 1. The lowest BCUT2D eigenvalue weighted by Gasteiger charge is -2.12. The van der Waals surface area contributed by atoms with E-state index in [4.69, 9.17) is 15.7 Å². The van der Waals surface area contributed by atoms with E-state index < -0.39 is 5.91 Å². The summed E-state index contributed by atoms with van der Waals surface area (Å²) < 4.78 is 5.45. The molecule has 6 heteroatoms. The van der Waals surface area contributed by atoms with Crippen LogP contribution in [-0.4, -0.2) is 21.1 Å².